The summed E-state index contributed by atoms with van der Waals surface area (Å²) in [4.78, 5) is 35.7. The van der Waals surface area contributed by atoms with Gasteiger partial charge in [0.05, 0.1) is 5.41 Å². The number of amides is 2. The Bertz CT molecular complexity index is 664. The summed E-state index contributed by atoms with van der Waals surface area (Å²) in [7, 11) is 0. The summed E-state index contributed by atoms with van der Waals surface area (Å²) in [6, 6.07) is 6.82. The minimum atomic E-state index is -0.890. The third-order valence-corrected chi connectivity index (χ3v) is 4.98. The van der Waals surface area contributed by atoms with Gasteiger partial charge in [0.25, 0.3) is 5.91 Å². The highest BCUT2D eigenvalue weighted by atomic mass is 16.4. The first-order valence-corrected chi connectivity index (χ1v) is 9.22. The number of carboxylic acids is 1. The molecule has 1 saturated carbocycles. The molecule has 0 atom stereocenters. The van der Waals surface area contributed by atoms with E-state index in [1.54, 1.807) is 38.1 Å². The van der Waals surface area contributed by atoms with E-state index in [1.165, 1.54) is 6.42 Å². The zero-order chi connectivity index (χ0) is 19.2. The molecule has 1 fully saturated rings. The van der Waals surface area contributed by atoms with Gasteiger partial charge in [-0.1, -0.05) is 25.3 Å². The van der Waals surface area contributed by atoms with Crippen LogP contribution in [-0.4, -0.2) is 29.4 Å². The quantitative estimate of drug-likeness (QED) is 0.694. The summed E-state index contributed by atoms with van der Waals surface area (Å²) in [5, 5.41) is 14.7. The van der Waals surface area contributed by atoms with Crippen LogP contribution >= 0.6 is 0 Å². The van der Waals surface area contributed by atoms with Gasteiger partial charge >= 0.3 is 5.97 Å². The Hall–Kier alpha value is -2.37. The molecule has 0 spiro atoms. The van der Waals surface area contributed by atoms with Crippen molar-refractivity contribution < 1.29 is 19.5 Å². The number of anilines is 1. The van der Waals surface area contributed by atoms with Crippen molar-refractivity contribution in [3.63, 3.8) is 0 Å². The number of nitrogens with one attached hydrogen (secondary N) is 2. The van der Waals surface area contributed by atoms with Crippen molar-refractivity contribution in [2.24, 2.45) is 11.3 Å². The van der Waals surface area contributed by atoms with E-state index in [9.17, 15) is 14.4 Å². The van der Waals surface area contributed by atoms with Gasteiger partial charge < -0.3 is 15.7 Å². The summed E-state index contributed by atoms with van der Waals surface area (Å²) in [6.07, 6.45) is 5.56. The van der Waals surface area contributed by atoms with Gasteiger partial charge in [-0.3, -0.25) is 14.4 Å². The number of carboxylic acid groups (broad SMARTS) is 1. The van der Waals surface area contributed by atoms with E-state index in [4.69, 9.17) is 5.11 Å². The molecule has 1 aromatic rings. The maximum absolute atomic E-state index is 12.3. The van der Waals surface area contributed by atoms with Gasteiger partial charge in [0.15, 0.2) is 0 Å². The summed E-state index contributed by atoms with van der Waals surface area (Å²) >= 11 is 0. The first-order valence-electron chi connectivity index (χ1n) is 9.22. The first kappa shape index (κ1) is 19.9. The molecule has 6 heteroatoms. The fourth-order valence-corrected chi connectivity index (χ4v) is 3.04. The third kappa shape index (κ3) is 5.58. The maximum atomic E-state index is 12.3. The van der Waals surface area contributed by atoms with Gasteiger partial charge in [-0.05, 0) is 51.3 Å². The molecule has 0 unspecified atom stereocenters. The van der Waals surface area contributed by atoms with Crippen molar-refractivity contribution in [1.82, 2.24) is 5.32 Å². The van der Waals surface area contributed by atoms with E-state index in [0.29, 0.717) is 17.7 Å². The number of hydrogen-bond donors (Lipinski definition) is 3. The lowest BCUT2D eigenvalue weighted by Gasteiger charge is -2.21. The molecule has 26 heavy (non-hydrogen) atoms. The van der Waals surface area contributed by atoms with Crippen molar-refractivity contribution >= 4 is 23.5 Å². The lowest BCUT2D eigenvalue weighted by molar-refractivity contribution is -0.147. The molecule has 3 N–H and O–H groups in total. The van der Waals surface area contributed by atoms with Gasteiger partial charge in [-0.15, -0.1) is 0 Å². The molecule has 0 aromatic heterocycles. The Morgan fingerprint density at radius 1 is 1.15 bits per heavy atom. The van der Waals surface area contributed by atoms with Gasteiger partial charge in [0.1, 0.15) is 0 Å². The molecule has 6 nitrogen and oxygen atoms in total. The van der Waals surface area contributed by atoms with Gasteiger partial charge in [-0.25, -0.2) is 0 Å². The molecule has 2 rings (SSSR count). The second kappa shape index (κ2) is 8.83. The number of carbonyl (C=O) groups excluding carboxylic acids is 2. The van der Waals surface area contributed by atoms with E-state index < -0.39 is 11.4 Å². The molecule has 1 aliphatic carbocycles. The SMILES string of the molecule is CC(C)(CCNC(=O)c1cccc(NC(=O)C2CCCCC2)c1)C(=O)O. The van der Waals surface area contributed by atoms with E-state index in [1.807, 2.05) is 0 Å². The highest BCUT2D eigenvalue weighted by molar-refractivity contribution is 5.97. The Morgan fingerprint density at radius 3 is 2.50 bits per heavy atom. The topological polar surface area (TPSA) is 95.5 Å². The highest BCUT2D eigenvalue weighted by Crippen LogP contribution is 2.25. The van der Waals surface area contributed by atoms with Gasteiger partial charge in [-0.2, -0.15) is 0 Å². The summed E-state index contributed by atoms with van der Waals surface area (Å²) in [5.74, 6) is -1.09. The zero-order valence-corrected chi connectivity index (χ0v) is 15.5. The van der Waals surface area contributed by atoms with Crippen LogP contribution in [0.3, 0.4) is 0 Å². The largest absolute Gasteiger partial charge is 0.481 e. The molecule has 2 amide bonds. The minimum Gasteiger partial charge on any atom is -0.481 e. The number of aliphatic carboxylic acids is 1. The number of benzene rings is 1. The van der Waals surface area contributed by atoms with Crippen LogP contribution in [0.4, 0.5) is 5.69 Å². The van der Waals surface area contributed by atoms with Crippen molar-refractivity contribution in [2.75, 3.05) is 11.9 Å². The van der Waals surface area contributed by atoms with Crippen LogP contribution in [0.15, 0.2) is 24.3 Å². The van der Waals surface area contributed by atoms with Crippen molar-refractivity contribution in [2.45, 2.75) is 52.4 Å². The minimum absolute atomic E-state index is 0.0189. The van der Waals surface area contributed by atoms with Crippen LogP contribution in [0, 0.1) is 11.3 Å². The molecule has 0 saturated heterocycles. The van der Waals surface area contributed by atoms with Crippen molar-refractivity contribution in [1.29, 1.82) is 0 Å². The number of hydrogen-bond acceptors (Lipinski definition) is 3. The van der Waals surface area contributed by atoms with Crippen LogP contribution in [0.1, 0.15) is 62.7 Å². The fourth-order valence-electron chi connectivity index (χ4n) is 3.04. The average Bonchev–Trinajstić information content (AvgIpc) is 2.62. The second-order valence-corrected chi connectivity index (χ2v) is 7.60. The number of rotatable bonds is 7. The van der Waals surface area contributed by atoms with E-state index in [2.05, 4.69) is 10.6 Å². The average molecular weight is 360 g/mol. The van der Waals surface area contributed by atoms with E-state index >= 15 is 0 Å². The molecule has 0 bridgehead atoms. The van der Waals surface area contributed by atoms with Gasteiger partial charge in [0.2, 0.25) is 5.91 Å². The van der Waals surface area contributed by atoms with Crippen LogP contribution in [-0.2, 0) is 9.59 Å². The Morgan fingerprint density at radius 2 is 1.85 bits per heavy atom. The molecular weight excluding hydrogens is 332 g/mol. The van der Waals surface area contributed by atoms with Crippen molar-refractivity contribution in [3.8, 4) is 0 Å². The Balaban J connectivity index is 1.90. The second-order valence-electron chi connectivity index (χ2n) is 7.60. The van der Waals surface area contributed by atoms with Crippen molar-refractivity contribution in [3.05, 3.63) is 29.8 Å². The Labute approximate surface area is 154 Å². The molecular formula is C20H28N2O4. The molecule has 142 valence electrons. The molecule has 1 aliphatic rings. The lowest BCUT2D eigenvalue weighted by Crippen LogP contribution is -2.32. The zero-order valence-electron chi connectivity index (χ0n) is 15.5. The normalized spacial score (nSPS) is 15.3. The van der Waals surface area contributed by atoms with Crippen LogP contribution in [0.2, 0.25) is 0 Å². The van der Waals surface area contributed by atoms with E-state index in [0.717, 1.165) is 25.7 Å². The lowest BCUT2D eigenvalue weighted by atomic mass is 9.88. The predicted octanol–water partition coefficient (Wildman–Crippen LogP) is 3.44. The third-order valence-electron chi connectivity index (χ3n) is 4.98. The smallest absolute Gasteiger partial charge is 0.309 e. The highest BCUT2D eigenvalue weighted by Gasteiger charge is 2.26. The predicted molar refractivity (Wildman–Crippen MR) is 100 cm³/mol. The maximum Gasteiger partial charge on any atom is 0.309 e. The molecule has 0 radical (unpaired) electrons. The summed E-state index contributed by atoms with van der Waals surface area (Å²) in [6.45, 7) is 3.53. The molecule has 1 aromatic carbocycles. The first-order chi connectivity index (χ1) is 12.3. The molecule has 0 aliphatic heterocycles. The van der Waals surface area contributed by atoms with Gasteiger partial charge in [0, 0.05) is 23.7 Å². The summed E-state index contributed by atoms with van der Waals surface area (Å²) in [5.41, 5.74) is 0.169. The fraction of sp³-hybridized carbons (Fsp3) is 0.550. The summed E-state index contributed by atoms with van der Waals surface area (Å²) < 4.78 is 0. The van der Waals surface area contributed by atoms with Crippen LogP contribution < -0.4 is 10.6 Å². The van der Waals surface area contributed by atoms with Crippen LogP contribution in [0.5, 0.6) is 0 Å². The number of carbonyl (C=O) groups is 3. The van der Waals surface area contributed by atoms with E-state index in [-0.39, 0.29) is 24.3 Å². The Kier molecular flexibility index (Phi) is 6.77. The monoisotopic (exact) mass is 360 g/mol. The standard InChI is InChI=1S/C20H28N2O4/c1-20(2,19(25)26)11-12-21-17(23)15-9-6-10-16(13-15)22-18(24)14-7-4-3-5-8-14/h6,9-10,13-14H,3-5,7-8,11-12H2,1-2H3,(H,21,23)(H,22,24)(H,25,26). The molecule has 0 heterocycles. The van der Waals surface area contributed by atoms with Crippen LogP contribution in [0.25, 0.3) is 0 Å².